The average Bonchev–Trinajstić information content (AvgIpc) is 3.11. The zero-order valence-corrected chi connectivity index (χ0v) is 12.5. The molecule has 1 aromatic carbocycles. The fourth-order valence-electron chi connectivity index (χ4n) is 3.15. The first-order chi connectivity index (χ1) is 11.2. The lowest BCUT2D eigenvalue weighted by Gasteiger charge is -2.27. The molecule has 2 aliphatic heterocycles. The summed E-state index contributed by atoms with van der Waals surface area (Å²) in [6.45, 7) is 0.968. The Morgan fingerprint density at radius 1 is 1.26 bits per heavy atom. The second-order valence-corrected chi connectivity index (χ2v) is 5.75. The molecule has 0 radical (unpaired) electrons. The number of nitrogens with two attached hydrogens (primary N) is 1. The van der Waals surface area contributed by atoms with E-state index in [0.717, 1.165) is 18.4 Å². The summed E-state index contributed by atoms with van der Waals surface area (Å²) in [5.41, 5.74) is 6.50. The smallest absolute Gasteiger partial charge is 0.345 e. The summed E-state index contributed by atoms with van der Waals surface area (Å²) in [5.74, 6) is 0.388. The predicted molar refractivity (Wildman–Crippen MR) is 79.6 cm³/mol. The lowest BCUT2D eigenvalue weighted by molar-refractivity contribution is -0.140. The van der Waals surface area contributed by atoms with Crippen molar-refractivity contribution in [2.75, 3.05) is 12.3 Å². The van der Waals surface area contributed by atoms with Crippen LogP contribution in [0.15, 0.2) is 34.7 Å². The molecule has 2 aromatic rings. The van der Waals surface area contributed by atoms with Crippen molar-refractivity contribution in [3.8, 4) is 0 Å². The zero-order chi connectivity index (χ0) is 15.8. The minimum absolute atomic E-state index is 0.0194. The molecule has 2 aliphatic rings. The van der Waals surface area contributed by atoms with Crippen molar-refractivity contribution in [2.45, 2.75) is 31.5 Å². The number of carbonyl (C=O) groups excluding carboxylic acids is 1. The lowest BCUT2D eigenvalue weighted by atomic mass is 10.0. The highest BCUT2D eigenvalue weighted by molar-refractivity contribution is 5.77. The number of aromatic nitrogens is 2. The molecule has 2 bridgehead atoms. The van der Waals surface area contributed by atoms with E-state index in [2.05, 4.69) is 10.2 Å². The Morgan fingerprint density at radius 3 is 2.83 bits per heavy atom. The molecule has 3 heterocycles. The second-order valence-electron chi connectivity index (χ2n) is 5.75. The number of hydrogen-bond donors (Lipinski definition) is 1. The van der Waals surface area contributed by atoms with Crippen LogP contribution in [-0.4, -0.2) is 38.8 Å². The molecule has 8 nitrogen and oxygen atoms in total. The molecule has 2 fully saturated rings. The van der Waals surface area contributed by atoms with Crippen LogP contribution in [0.3, 0.4) is 0 Å². The maximum absolute atomic E-state index is 12.6. The number of amides is 2. The molecular weight excluding hydrogens is 298 g/mol. The van der Waals surface area contributed by atoms with Crippen molar-refractivity contribution in [1.82, 2.24) is 20.2 Å². The van der Waals surface area contributed by atoms with E-state index in [1.165, 1.54) is 5.06 Å². The van der Waals surface area contributed by atoms with Gasteiger partial charge in [-0.3, -0.25) is 4.84 Å². The third-order valence-corrected chi connectivity index (χ3v) is 4.28. The molecule has 8 heteroatoms. The lowest BCUT2D eigenvalue weighted by Crippen LogP contribution is -2.34. The molecule has 2 amide bonds. The molecule has 23 heavy (non-hydrogen) atoms. The van der Waals surface area contributed by atoms with Gasteiger partial charge in [0.2, 0.25) is 5.89 Å². The third kappa shape index (κ3) is 2.50. The average molecular weight is 315 g/mol. The number of nitrogen functional groups attached to an aromatic ring is 1. The van der Waals surface area contributed by atoms with Gasteiger partial charge in [0.25, 0.3) is 0 Å². The van der Waals surface area contributed by atoms with Crippen LogP contribution in [-0.2, 0) is 11.4 Å². The van der Waals surface area contributed by atoms with E-state index in [9.17, 15) is 4.79 Å². The summed E-state index contributed by atoms with van der Waals surface area (Å²) in [7, 11) is 0. The first-order valence-corrected chi connectivity index (χ1v) is 7.58. The predicted octanol–water partition coefficient (Wildman–Crippen LogP) is 1.72. The van der Waals surface area contributed by atoms with Crippen molar-refractivity contribution in [3.05, 3.63) is 41.8 Å². The Morgan fingerprint density at radius 2 is 2.09 bits per heavy atom. The standard InChI is InChI=1S/C15H17N5O3/c16-14-18-17-13(23-14)12-7-6-11-8-19(12)15(21)20(11)22-9-10-4-2-1-3-5-10/h1-5,11-12H,6-9H2,(H2,16,18). The van der Waals surface area contributed by atoms with Crippen molar-refractivity contribution >= 4 is 12.0 Å². The minimum atomic E-state index is -0.228. The van der Waals surface area contributed by atoms with E-state index in [-0.39, 0.29) is 24.1 Å². The van der Waals surface area contributed by atoms with Gasteiger partial charge in [-0.2, -0.15) is 5.06 Å². The number of carbonyl (C=O) groups is 1. The van der Waals surface area contributed by atoms with Crippen molar-refractivity contribution in [1.29, 1.82) is 0 Å². The molecule has 2 atom stereocenters. The van der Waals surface area contributed by atoms with Crippen LogP contribution in [0, 0.1) is 0 Å². The maximum atomic E-state index is 12.6. The Bertz CT molecular complexity index is 704. The number of piperidine rings is 1. The van der Waals surface area contributed by atoms with Gasteiger partial charge in [0, 0.05) is 6.54 Å². The van der Waals surface area contributed by atoms with Gasteiger partial charge in [0.15, 0.2) is 0 Å². The van der Waals surface area contributed by atoms with Crippen molar-refractivity contribution in [2.24, 2.45) is 0 Å². The van der Waals surface area contributed by atoms with Gasteiger partial charge in [0.05, 0.1) is 6.04 Å². The van der Waals surface area contributed by atoms with Crippen molar-refractivity contribution < 1.29 is 14.0 Å². The quantitative estimate of drug-likeness (QED) is 0.922. The van der Waals surface area contributed by atoms with Crippen LogP contribution >= 0.6 is 0 Å². The normalized spacial score (nSPS) is 23.6. The van der Waals surface area contributed by atoms with Gasteiger partial charge < -0.3 is 15.1 Å². The first-order valence-electron chi connectivity index (χ1n) is 7.58. The Balaban J connectivity index is 1.47. The number of rotatable bonds is 4. The van der Waals surface area contributed by atoms with Crippen LogP contribution in [0.1, 0.15) is 30.3 Å². The van der Waals surface area contributed by atoms with Crippen LogP contribution in [0.25, 0.3) is 0 Å². The Hall–Kier alpha value is -2.61. The van der Waals surface area contributed by atoms with Crippen LogP contribution in [0.2, 0.25) is 0 Å². The van der Waals surface area contributed by atoms with E-state index in [0.29, 0.717) is 19.0 Å². The Kier molecular flexibility index (Phi) is 3.38. The van der Waals surface area contributed by atoms with E-state index >= 15 is 0 Å². The SMILES string of the molecule is Nc1nnc(C2CCC3CN2C(=O)N3OCc2ccccc2)o1. The van der Waals surface area contributed by atoms with Crippen LogP contribution in [0.4, 0.5) is 10.8 Å². The molecule has 0 spiro atoms. The first kappa shape index (κ1) is 14.0. The number of hydrogen-bond acceptors (Lipinski definition) is 6. The topological polar surface area (TPSA) is 97.7 Å². The number of nitrogens with zero attached hydrogens (tertiary/aromatic N) is 4. The number of benzene rings is 1. The van der Waals surface area contributed by atoms with E-state index in [4.69, 9.17) is 15.0 Å². The molecular formula is C15H17N5O3. The zero-order valence-electron chi connectivity index (χ0n) is 12.5. The third-order valence-electron chi connectivity index (χ3n) is 4.28. The molecule has 2 N–H and O–H groups in total. The summed E-state index contributed by atoms with van der Waals surface area (Å²) < 4.78 is 5.29. The molecule has 0 aliphatic carbocycles. The summed E-state index contributed by atoms with van der Waals surface area (Å²) in [4.78, 5) is 20.1. The molecule has 4 rings (SSSR count). The number of hydroxylamine groups is 2. The molecule has 2 saturated heterocycles. The maximum Gasteiger partial charge on any atom is 0.345 e. The van der Waals surface area contributed by atoms with Gasteiger partial charge in [-0.15, -0.1) is 5.10 Å². The molecule has 1 aromatic heterocycles. The molecule has 0 saturated carbocycles. The van der Waals surface area contributed by atoms with Gasteiger partial charge in [0.1, 0.15) is 12.6 Å². The van der Waals surface area contributed by atoms with Crippen LogP contribution in [0.5, 0.6) is 0 Å². The fraction of sp³-hybridized carbons (Fsp3) is 0.400. The Labute approximate surface area is 132 Å². The van der Waals surface area contributed by atoms with Gasteiger partial charge >= 0.3 is 12.0 Å². The highest BCUT2D eigenvalue weighted by Gasteiger charge is 2.47. The summed E-state index contributed by atoms with van der Waals surface area (Å²) in [6, 6.07) is 9.47. The van der Waals surface area contributed by atoms with Gasteiger partial charge in [-0.05, 0) is 18.4 Å². The van der Waals surface area contributed by atoms with E-state index in [1.54, 1.807) is 4.90 Å². The highest BCUT2D eigenvalue weighted by atomic mass is 16.7. The molecule has 120 valence electrons. The summed E-state index contributed by atoms with van der Waals surface area (Å²) in [6.07, 6.45) is 1.58. The number of urea groups is 1. The number of fused-ring (bicyclic) bond motifs is 2. The fourth-order valence-corrected chi connectivity index (χ4v) is 3.15. The van der Waals surface area contributed by atoms with E-state index in [1.807, 2.05) is 30.3 Å². The van der Waals surface area contributed by atoms with Crippen molar-refractivity contribution in [3.63, 3.8) is 0 Å². The summed E-state index contributed by atoms with van der Waals surface area (Å²) in [5, 5.41) is 9.07. The highest BCUT2D eigenvalue weighted by Crippen LogP contribution is 2.38. The van der Waals surface area contributed by atoms with Crippen LogP contribution < -0.4 is 5.73 Å². The largest absolute Gasteiger partial charge is 0.406 e. The van der Waals surface area contributed by atoms with Gasteiger partial charge in [-0.1, -0.05) is 35.4 Å². The summed E-state index contributed by atoms with van der Waals surface area (Å²) >= 11 is 0. The monoisotopic (exact) mass is 315 g/mol. The van der Waals surface area contributed by atoms with Gasteiger partial charge in [-0.25, -0.2) is 4.79 Å². The molecule has 2 unspecified atom stereocenters. The minimum Gasteiger partial charge on any atom is -0.406 e. The number of anilines is 1. The van der Waals surface area contributed by atoms with E-state index < -0.39 is 0 Å². The second kappa shape index (κ2) is 5.54.